The topological polar surface area (TPSA) is 35.5 Å². The third-order valence-electron chi connectivity index (χ3n) is 4.09. The second-order valence-electron chi connectivity index (χ2n) is 7.09. The molecule has 3 heteroatoms. The van der Waals surface area contributed by atoms with Gasteiger partial charge in [0, 0.05) is 5.56 Å². The van der Waals surface area contributed by atoms with Crippen LogP contribution in [0.3, 0.4) is 0 Å². The molecule has 0 amide bonds. The number of ether oxygens (including phenoxy) is 2. The molecule has 0 aliphatic heterocycles. The van der Waals surface area contributed by atoms with Gasteiger partial charge in [0.2, 0.25) is 0 Å². The van der Waals surface area contributed by atoms with Crippen molar-refractivity contribution in [3.8, 4) is 22.6 Å². The lowest BCUT2D eigenvalue weighted by atomic mass is 9.87. The zero-order chi connectivity index (χ0) is 18.6. The Labute approximate surface area is 154 Å². The van der Waals surface area contributed by atoms with Crippen LogP contribution >= 0.6 is 0 Å². The molecule has 0 aromatic heterocycles. The highest BCUT2D eigenvalue weighted by atomic mass is 16.7. The van der Waals surface area contributed by atoms with Gasteiger partial charge >= 0.3 is 6.16 Å². The molecule has 3 rings (SSSR count). The summed E-state index contributed by atoms with van der Waals surface area (Å²) >= 11 is 0. The van der Waals surface area contributed by atoms with Gasteiger partial charge in [-0.15, -0.1) is 0 Å². The third-order valence-corrected chi connectivity index (χ3v) is 4.09. The van der Waals surface area contributed by atoms with Crippen molar-refractivity contribution in [2.24, 2.45) is 0 Å². The minimum absolute atomic E-state index is 0.0493. The first kappa shape index (κ1) is 17.7. The zero-order valence-electron chi connectivity index (χ0n) is 15.2. The van der Waals surface area contributed by atoms with E-state index in [2.05, 4.69) is 20.8 Å². The summed E-state index contributed by atoms with van der Waals surface area (Å²) in [7, 11) is 0. The highest BCUT2D eigenvalue weighted by Crippen LogP contribution is 2.30. The smallest absolute Gasteiger partial charge is 0.395 e. The van der Waals surface area contributed by atoms with Gasteiger partial charge in [-0.25, -0.2) is 4.79 Å². The molecule has 3 nitrogen and oxygen atoms in total. The lowest BCUT2D eigenvalue weighted by Crippen LogP contribution is -2.15. The molecule has 0 aliphatic carbocycles. The van der Waals surface area contributed by atoms with Gasteiger partial charge in [0.15, 0.2) is 0 Å². The van der Waals surface area contributed by atoms with Crippen molar-refractivity contribution in [3.63, 3.8) is 0 Å². The summed E-state index contributed by atoms with van der Waals surface area (Å²) in [4.78, 5) is 12.2. The Bertz CT molecular complexity index is 875. The van der Waals surface area contributed by atoms with Gasteiger partial charge in [0.05, 0.1) is 0 Å². The minimum Gasteiger partial charge on any atom is -0.395 e. The van der Waals surface area contributed by atoms with Crippen LogP contribution in [0.1, 0.15) is 26.3 Å². The molecule has 0 N–H and O–H groups in total. The Morgan fingerprint density at radius 2 is 1.35 bits per heavy atom. The molecule has 0 saturated heterocycles. The molecule has 0 heterocycles. The summed E-state index contributed by atoms with van der Waals surface area (Å²) in [5.74, 6) is 0.926. The van der Waals surface area contributed by atoms with E-state index in [-0.39, 0.29) is 5.41 Å². The number of carbonyl (C=O) groups is 1. The quantitative estimate of drug-likeness (QED) is 0.416. The van der Waals surface area contributed by atoms with E-state index in [0.29, 0.717) is 11.5 Å². The first-order valence-electron chi connectivity index (χ1n) is 8.58. The van der Waals surface area contributed by atoms with Crippen LogP contribution in [0.2, 0.25) is 0 Å². The molecular weight excluding hydrogens is 324 g/mol. The molecule has 0 aliphatic rings. The van der Waals surface area contributed by atoms with Crippen LogP contribution in [0.4, 0.5) is 4.79 Å². The minimum atomic E-state index is -0.753. The molecular formula is C23H22O3. The van der Waals surface area contributed by atoms with E-state index in [1.165, 1.54) is 5.56 Å². The van der Waals surface area contributed by atoms with E-state index in [0.717, 1.165) is 11.1 Å². The van der Waals surface area contributed by atoms with Gasteiger partial charge < -0.3 is 9.47 Å². The monoisotopic (exact) mass is 346 g/mol. The fraction of sp³-hybridized carbons (Fsp3) is 0.174. The van der Waals surface area contributed by atoms with Crippen LogP contribution in [0.5, 0.6) is 11.5 Å². The van der Waals surface area contributed by atoms with Crippen LogP contribution in [-0.4, -0.2) is 6.16 Å². The molecule has 0 bridgehead atoms. The van der Waals surface area contributed by atoms with Crippen LogP contribution < -0.4 is 9.47 Å². The standard InChI is InChI=1S/C23H22O3/c1-23(2,3)18-13-15-19(16-14-18)25-22(24)26-21-12-8-7-11-20(21)17-9-5-4-6-10-17/h4-16H,1-3H3. The highest BCUT2D eigenvalue weighted by molar-refractivity contribution is 5.75. The fourth-order valence-corrected chi connectivity index (χ4v) is 2.64. The molecule has 0 spiro atoms. The molecule has 0 fully saturated rings. The summed E-state index contributed by atoms with van der Waals surface area (Å²) in [5, 5.41) is 0. The van der Waals surface area contributed by atoms with Crippen LogP contribution in [-0.2, 0) is 5.41 Å². The molecule has 132 valence electrons. The summed E-state index contributed by atoms with van der Waals surface area (Å²) in [6.45, 7) is 6.41. The Kier molecular flexibility index (Phi) is 5.08. The maximum Gasteiger partial charge on any atom is 0.519 e. The summed E-state index contributed by atoms with van der Waals surface area (Å²) in [6, 6.07) is 24.7. The number of para-hydroxylation sites is 1. The van der Waals surface area contributed by atoms with Crippen molar-refractivity contribution in [3.05, 3.63) is 84.4 Å². The van der Waals surface area contributed by atoms with E-state index in [9.17, 15) is 4.79 Å². The Balaban J connectivity index is 1.73. The molecule has 26 heavy (non-hydrogen) atoms. The average Bonchev–Trinajstić information content (AvgIpc) is 2.62. The Morgan fingerprint density at radius 3 is 2.00 bits per heavy atom. The Morgan fingerprint density at radius 1 is 0.731 bits per heavy atom. The molecule has 0 radical (unpaired) electrons. The first-order chi connectivity index (χ1) is 12.4. The van der Waals surface area contributed by atoms with E-state index in [1.54, 1.807) is 18.2 Å². The zero-order valence-corrected chi connectivity index (χ0v) is 15.2. The second-order valence-corrected chi connectivity index (χ2v) is 7.09. The van der Waals surface area contributed by atoms with E-state index in [1.807, 2.05) is 60.7 Å². The van der Waals surface area contributed by atoms with Crippen LogP contribution in [0.25, 0.3) is 11.1 Å². The highest BCUT2D eigenvalue weighted by Gasteiger charge is 2.15. The van der Waals surface area contributed by atoms with Gasteiger partial charge in [-0.2, -0.15) is 0 Å². The van der Waals surface area contributed by atoms with Gasteiger partial charge in [0.25, 0.3) is 0 Å². The number of carbonyl (C=O) groups excluding carboxylic acids is 1. The number of hydrogen-bond donors (Lipinski definition) is 0. The number of hydrogen-bond acceptors (Lipinski definition) is 3. The van der Waals surface area contributed by atoms with Gasteiger partial charge in [0.1, 0.15) is 11.5 Å². The van der Waals surface area contributed by atoms with Crippen molar-refractivity contribution in [1.82, 2.24) is 0 Å². The number of rotatable bonds is 3. The van der Waals surface area contributed by atoms with Crippen molar-refractivity contribution in [1.29, 1.82) is 0 Å². The Hall–Kier alpha value is -3.07. The molecule has 3 aromatic rings. The largest absolute Gasteiger partial charge is 0.519 e. The predicted octanol–water partition coefficient (Wildman–Crippen LogP) is 6.23. The fourth-order valence-electron chi connectivity index (χ4n) is 2.64. The average molecular weight is 346 g/mol. The third kappa shape index (κ3) is 4.31. The van der Waals surface area contributed by atoms with Gasteiger partial charge in [-0.05, 0) is 34.7 Å². The second kappa shape index (κ2) is 7.44. The maximum absolute atomic E-state index is 12.2. The van der Waals surface area contributed by atoms with Gasteiger partial charge in [-0.3, -0.25) is 0 Å². The van der Waals surface area contributed by atoms with Crippen LogP contribution in [0, 0.1) is 0 Å². The van der Waals surface area contributed by atoms with Crippen LogP contribution in [0.15, 0.2) is 78.9 Å². The SMILES string of the molecule is CC(C)(C)c1ccc(OC(=O)Oc2ccccc2-c2ccccc2)cc1. The predicted molar refractivity (Wildman–Crippen MR) is 104 cm³/mol. The molecule has 0 unspecified atom stereocenters. The summed E-state index contributed by atoms with van der Waals surface area (Å²) in [5.41, 5.74) is 3.04. The van der Waals surface area contributed by atoms with E-state index < -0.39 is 6.16 Å². The lowest BCUT2D eigenvalue weighted by Gasteiger charge is -2.19. The summed E-state index contributed by atoms with van der Waals surface area (Å²) < 4.78 is 10.8. The number of benzene rings is 3. The van der Waals surface area contributed by atoms with Crippen molar-refractivity contribution in [2.75, 3.05) is 0 Å². The maximum atomic E-state index is 12.2. The van der Waals surface area contributed by atoms with Crippen molar-refractivity contribution in [2.45, 2.75) is 26.2 Å². The summed E-state index contributed by atoms with van der Waals surface area (Å²) in [6.07, 6.45) is -0.753. The molecule has 3 aromatic carbocycles. The van der Waals surface area contributed by atoms with E-state index in [4.69, 9.17) is 9.47 Å². The van der Waals surface area contributed by atoms with Crippen molar-refractivity contribution < 1.29 is 14.3 Å². The van der Waals surface area contributed by atoms with Gasteiger partial charge in [-0.1, -0.05) is 81.4 Å². The van der Waals surface area contributed by atoms with E-state index >= 15 is 0 Å². The molecule has 0 atom stereocenters. The normalized spacial score (nSPS) is 11.0. The van der Waals surface area contributed by atoms with Crippen molar-refractivity contribution >= 4 is 6.16 Å². The first-order valence-corrected chi connectivity index (χ1v) is 8.58. The lowest BCUT2D eigenvalue weighted by molar-refractivity contribution is 0.152. The molecule has 0 saturated carbocycles.